The zero-order valence-electron chi connectivity index (χ0n) is 14.3. The van der Waals surface area contributed by atoms with E-state index < -0.39 is 10.0 Å². The van der Waals surface area contributed by atoms with Crippen LogP contribution in [0.3, 0.4) is 0 Å². The van der Waals surface area contributed by atoms with Crippen LogP contribution < -0.4 is 4.72 Å². The Balaban J connectivity index is 1.51. The monoisotopic (exact) mass is 408 g/mol. The fraction of sp³-hybridized carbons (Fsp3) is 0.316. The van der Waals surface area contributed by atoms with Crippen molar-refractivity contribution in [2.75, 3.05) is 12.4 Å². The van der Waals surface area contributed by atoms with Gasteiger partial charge in [0.05, 0.1) is 20.1 Å². The minimum atomic E-state index is -3.47. The number of fused-ring (bicyclic) bond motifs is 1. The number of aromatic nitrogens is 1. The van der Waals surface area contributed by atoms with Crippen LogP contribution in [-0.2, 0) is 22.9 Å². The van der Waals surface area contributed by atoms with E-state index in [1.54, 1.807) is 23.5 Å². The van der Waals surface area contributed by atoms with Gasteiger partial charge in [0.2, 0.25) is 10.0 Å². The van der Waals surface area contributed by atoms with Crippen molar-refractivity contribution in [1.29, 1.82) is 0 Å². The summed E-state index contributed by atoms with van der Waals surface area (Å²) in [6.07, 6.45) is 3.23. The quantitative estimate of drug-likeness (QED) is 0.422. The molecule has 0 unspecified atom stereocenters. The molecule has 0 bridgehead atoms. The van der Waals surface area contributed by atoms with Crippen molar-refractivity contribution in [3.05, 3.63) is 59.1 Å². The first-order valence-corrected chi connectivity index (χ1v) is 11.4. The predicted molar refractivity (Wildman–Crippen MR) is 109 cm³/mol. The molecular weight excluding hydrogens is 388 g/mol. The smallest absolute Gasteiger partial charge is 0.240 e. The third-order valence-corrected chi connectivity index (χ3v) is 6.87. The molecule has 2 aromatic carbocycles. The van der Waals surface area contributed by atoms with E-state index >= 15 is 0 Å². The van der Waals surface area contributed by atoms with Crippen LogP contribution in [0.25, 0.3) is 10.2 Å². The number of alkyl halides is 1. The lowest BCUT2D eigenvalue weighted by atomic mass is 10.1. The molecule has 0 radical (unpaired) electrons. The summed E-state index contributed by atoms with van der Waals surface area (Å²) in [7, 11) is -3.47. The normalized spacial score (nSPS) is 11.9. The number of sulfonamides is 1. The lowest BCUT2D eigenvalue weighted by molar-refractivity contribution is 0.579. The molecule has 0 aliphatic rings. The molecule has 4 nitrogen and oxygen atoms in total. The van der Waals surface area contributed by atoms with Gasteiger partial charge in [-0.2, -0.15) is 0 Å². The Bertz CT molecular complexity index is 920. The van der Waals surface area contributed by atoms with Crippen molar-refractivity contribution >= 4 is 43.2 Å². The summed E-state index contributed by atoms with van der Waals surface area (Å²) in [5.74, 6) is 0.607. The van der Waals surface area contributed by atoms with E-state index in [0.29, 0.717) is 23.7 Å². The van der Waals surface area contributed by atoms with Crippen LogP contribution in [0, 0.1) is 0 Å². The fourth-order valence-electron chi connectivity index (χ4n) is 2.66. The van der Waals surface area contributed by atoms with Gasteiger partial charge in [-0.15, -0.1) is 22.9 Å². The third kappa shape index (κ3) is 5.04. The number of hydrogen-bond acceptors (Lipinski definition) is 4. The van der Waals surface area contributed by atoms with Gasteiger partial charge in [-0.1, -0.05) is 24.3 Å². The minimum Gasteiger partial charge on any atom is -0.241 e. The molecule has 0 aliphatic heterocycles. The third-order valence-electron chi connectivity index (χ3n) is 4.03. The highest BCUT2D eigenvalue weighted by molar-refractivity contribution is 7.89. The molecule has 3 rings (SSSR count). The molecule has 0 saturated heterocycles. The highest BCUT2D eigenvalue weighted by Gasteiger charge is 2.13. The molecule has 0 spiro atoms. The summed E-state index contributed by atoms with van der Waals surface area (Å²) in [6, 6.07) is 15.0. The molecule has 7 heteroatoms. The Morgan fingerprint density at radius 1 is 1.00 bits per heavy atom. The average molecular weight is 409 g/mol. The average Bonchev–Trinajstić information content (AvgIpc) is 3.07. The molecule has 26 heavy (non-hydrogen) atoms. The Kier molecular flexibility index (Phi) is 6.64. The summed E-state index contributed by atoms with van der Waals surface area (Å²) in [4.78, 5) is 4.87. The predicted octanol–water partition coefficient (Wildman–Crippen LogP) is 4.38. The van der Waals surface area contributed by atoms with Gasteiger partial charge in [0.15, 0.2) is 0 Å². The first kappa shape index (κ1) is 19.3. The van der Waals surface area contributed by atoms with Gasteiger partial charge in [0, 0.05) is 18.8 Å². The van der Waals surface area contributed by atoms with Crippen LogP contribution in [0.5, 0.6) is 0 Å². The largest absolute Gasteiger partial charge is 0.241 e. The van der Waals surface area contributed by atoms with E-state index in [1.807, 2.05) is 30.3 Å². The van der Waals surface area contributed by atoms with Crippen LogP contribution in [0.2, 0.25) is 0 Å². The number of rotatable bonds is 9. The van der Waals surface area contributed by atoms with Crippen LogP contribution in [0.15, 0.2) is 53.4 Å². The van der Waals surface area contributed by atoms with E-state index in [1.165, 1.54) is 0 Å². The minimum absolute atomic E-state index is 0.298. The first-order valence-electron chi connectivity index (χ1n) is 8.57. The Labute approximate surface area is 163 Å². The van der Waals surface area contributed by atoms with Crippen LogP contribution in [-0.4, -0.2) is 25.8 Å². The molecule has 1 heterocycles. The summed E-state index contributed by atoms with van der Waals surface area (Å²) < 4.78 is 28.6. The lowest BCUT2D eigenvalue weighted by Crippen LogP contribution is -2.25. The number of aryl methyl sites for hydroxylation is 2. The number of benzene rings is 2. The van der Waals surface area contributed by atoms with Gasteiger partial charge in [-0.3, -0.25) is 0 Å². The number of halogens is 1. The molecule has 0 atom stereocenters. The molecule has 3 aromatic rings. The van der Waals surface area contributed by atoms with Gasteiger partial charge in [-0.05, 0) is 49.1 Å². The summed E-state index contributed by atoms with van der Waals surface area (Å²) in [6.45, 7) is 0.395. The number of nitrogens with zero attached hydrogens (tertiary/aromatic N) is 1. The van der Waals surface area contributed by atoms with Crippen molar-refractivity contribution in [1.82, 2.24) is 9.71 Å². The van der Waals surface area contributed by atoms with Gasteiger partial charge in [-0.25, -0.2) is 18.1 Å². The van der Waals surface area contributed by atoms with E-state index in [2.05, 4.69) is 15.8 Å². The van der Waals surface area contributed by atoms with Crippen molar-refractivity contribution in [3.63, 3.8) is 0 Å². The standard InChI is InChI=1S/C19H21ClN2O2S2/c20-13-3-5-15-9-11-16(12-10-15)26(23,24)21-14-4-8-19-22-17-6-1-2-7-18(17)25-19/h1-2,6-7,9-12,21H,3-5,8,13-14H2. The number of para-hydroxylation sites is 1. The van der Waals surface area contributed by atoms with Gasteiger partial charge < -0.3 is 0 Å². The maximum atomic E-state index is 12.4. The van der Waals surface area contributed by atoms with Crippen molar-refractivity contribution < 1.29 is 8.42 Å². The molecule has 1 N–H and O–H groups in total. The lowest BCUT2D eigenvalue weighted by Gasteiger charge is -2.07. The second kappa shape index (κ2) is 8.95. The Morgan fingerprint density at radius 3 is 2.50 bits per heavy atom. The summed E-state index contributed by atoms with van der Waals surface area (Å²) >= 11 is 7.35. The second-order valence-corrected chi connectivity index (χ2v) is 9.27. The number of nitrogens with one attached hydrogen (secondary N) is 1. The highest BCUT2D eigenvalue weighted by atomic mass is 35.5. The molecule has 1 aromatic heterocycles. The Hall–Kier alpha value is -1.47. The molecule has 0 fully saturated rings. The van der Waals surface area contributed by atoms with Gasteiger partial charge >= 0.3 is 0 Å². The van der Waals surface area contributed by atoms with E-state index in [-0.39, 0.29) is 0 Å². The van der Waals surface area contributed by atoms with Crippen LogP contribution in [0.1, 0.15) is 23.4 Å². The zero-order chi connectivity index (χ0) is 18.4. The van der Waals surface area contributed by atoms with Crippen LogP contribution >= 0.6 is 22.9 Å². The highest BCUT2D eigenvalue weighted by Crippen LogP contribution is 2.22. The number of thiazole rings is 1. The molecular formula is C19H21ClN2O2S2. The molecule has 0 amide bonds. The summed E-state index contributed by atoms with van der Waals surface area (Å²) in [5, 5.41) is 1.04. The van der Waals surface area contributed by atoms with Crippen molar-refractivity contribution in [2.45, 2.75) is 30.6 Å². The van der Waals surface area contributed by atoms with Gasteiger partial charge in [0.1, 0.15) is 0 Å². The number of hydrogen-bond donors (Lipinski definition) is 1. The van der Waals surface area contributed by atoms with Crippen LogP contribution in [0.4, 0.5) is 0 Å². The van der Waals surface area contributed by atoms with Gasteiger partial charge in [0.25, 0.3) is 0 Å². The van der Waals surface area contributed by atoms with E-state index in [0.717, 1.165) is 40.1 Å². The second-order valence-electron chi connectivity index (χ2n) is 6.01. The summed E-state index contributed by atoms with van der Waals surface area (Å²) in [5.41, 5.74) is 2.10. The first-order chi connectivity index (χ1) is 12.6. The molecule has 0 aliphatic carbocycles. The van der Waals surface area contributed by atoms with Crippen molar-refractivity contribution in [2.24, 2.45) is 0 Å². The molecule has 138 valence electrons. The van der Waals surface area contributed by atoms with Crippen molar-refractivity contribution in [3.8, 4) is 0 Å². The maximum Gasteiger partial charge on any atom is 0.240 e. The zero-order valence-corrected chi connectivity index (χ0v) is 16.7. The maximum absolute atomic E-state index is 12.4. The SMILES string of the molecule is O=S(=O)(NCCCc1nc2ccccc2s1)c1ccc(CCCCl)cc1. The van der Waals surface area contributed by atoms with E-state index in [9.17, 15) is 8.42 Å². The fourth-order valence-corrected chi connectivity index (χ4v) is 4.88. The molecule has 0 saturated carbocycles. The van der Waals surface area contributed by atoms with E-state index in [4.69, 9.17) is 11.6 Å². The Morgan fingerprint density at radius 2 is 1.77 bits per heavy atom. The topological polar surface area (TPSA) is 59.1 Å².